The van der Waals surface area contributed by atoms with Gasteiger partial charge in [0.15, 0.2) is 18.1 Å². The quantitative estimate of drug-likeness (QED) is 0.105. The van der Waals surface area contributed by atoms with E-state index < -0.39 is 33.2 Å². The molecule has 0 saturated carbocycles. The zero-order chi connectivity index (χ0) is 25.9. The lowest BCUT2D eigenvalue weighted by molar-refractivity contribution is -0.113. The van der Waals surface area contributed by atoms with Crippen LogP contribution in [0.3, 0.4) is 0 Å². The van der Waals surface area contributed by atoms with Crippen LogP contribution in [0.25, 0.3) is 0 Å². The molecule has 0 aliphatic rings. The Bertz CT molecular complexity index is 855. The van der Waals surface area contributed by atoms with Crippen LogP contribution in [-0.2, 0) is 32.7 Å². The smallest absolute Gasteiger partial charge is 0.446 e. The van der Waals surface area contributed by atoms with E-state index in [2.05, 4.69) is 11.1 Å². The Kier molecular flexibility index (Phi) is 16.9. The molecule has 1 unspecified atom stereocenters. The normalized spacial score (nSPS) is 12.4. The van der Waals surface area contributed by atoms with Gasteiger partial charge in [-0.15, -0.1) is 0 Å². The molecular weight excluding hydrogens is 492 g/mol. The molecule has 2 N–H and O–H groups in total. The number of carbonyl (C=O) groups is 1. The summed E-state index contributed by atoms with van der Waals surface area (Å²) in [5.41, 5.74) is 0.595. The number of carbonyl (C=O) groups excluding carboxylic acids is 1. The zero-order valence-electron chi connectivity index (χ0n) is 20.9. The van der Waals surface area contributed by atoms with Gasteiger partial charge in [0, 0.05) is 0 Å². The van der Waals surface area contributed by atoms with E-state index in [4.69, 9.17) is 13.8 Å². The molecular formula is C25H42O8S2. The van der Waals surface area contributed by atoms with E-state index in [1.807, 2.05) is 0 Å². The summed E-state index contributed by atoms with van der Waals surface area (Å²) in [5, 5.41) is -1.07. The third-order valence-corrected chi connectivity index (χ3v) is 6.73. The molecule has 0 bridgehead atoms. The number of benzene rings is 1. The molecule has 0 heterocycles. The molecule has 202 valence electrons. The van der Waals surface area contributed by atoms with Gasteiger partial charge in [0.2, 0.25) is 11.1 Å². The summed E-state index contributed by atoms with van der Waals surface area (Å²) in [6, 6.07) is 4.54. The minimum Gasteiger partial charge on any atom is -0.480 e. The Balaban J connectivity index is 2.32. The molecule has 0 amide bonds. The van der Waals surface area contributed by atoms with Crippen molar-refractivity contribution in [2.45, 2.75) is 110 Å². The zero-order valence-corrected chi connectivity index (χ0v) is 22.5. The summed E-state index contributed by atoms with van der Waals surface area (Å²) in [6.07, 6.45) is 19.2. The van der Waals surface area contributed by atoms with Gasteiger partial charge >= 0.3 is 10.4 Å². The van der Waals surface area contributed by atoms with Gasteiger partial charge < -0.3 is 8.92 Å². The summed E-state index contributed by atoms with van der Waals surface area (Å²) in [7, 11) is -4.80. The Morgan fingerprint density at radius 2 is 1.34 bits per heavy atom. The maximum atomic E-state index is 11.4. The lowest BCUT2D eigenvalue weighted by Gasteiger charge is -2.14. The number of rotatable bonds is 21. The fourth-order valence-corrected chi connectivity index (χ4v) is 4.49. The molecule has 10 heteroatoms. The van der Waals surface area contributed by atoms with Crippen molar-refractivity contribution in [2.24, 2.45) is 0 Å². The first kappa shape index (κ1) is 31.5. The Hall–Kier alpha value is -1.49. The highest BCUT2D eigenvalue weighted by atomic mass is 32.3. The van der Waals surface area contributed by atoms with Crippen LogP contribution in [0.1, 0.15) is 109 Å². The van der Waals surface area contributed by atoms with Crippen molar-refractivity contribution >= 4 is 26.6 Å². The highest BCUT2D eigenvalue weighted by Gasteiger charge is 2.19. The second kappa shape index (κ2) is 18.7. The van der Waals surface area contributed by atoms with Crippen molar-refractivity contribution in [3.63, 3.8) is 0 Å². The number of ether oxygens (including phenoxy) is 1. The molecule has 0 spiro atoms. The first-order chi connectivity index (χ1) is 16.7. The van der Waals surface area contributed by atoms with Gasteiger partial charge in [-0.25, -0.2) is 4.21 Å². The molecule has 0 saturated heterocycles. The van der Waals surface area contributed by atoms with Crippen LogP contribution in [0, 0.1) is 0 Å². The molecule has 8 nitrogen and oxygen atoms in total. The van der Waals surface area contributed by atoms with E-state index in [9.17, 15) is 17.4 Å². The predicted molar refractivity (Wildman–Crippen MR) is 139 cm³/mol. The molecule has 1 atom stereocenters. The van der Waals surface area contributed by atoms with Crippen molar-refractivity contribution in [1.82, 2.24) is 0 Å². The Morgan fingerprint density at radius 1 is 0.857 bits per heavy atom. The van der Waals surface area contributed by atoms with Crippen molar-refractivity contribution in [1.29, 1.82) is 0 Å². The standard InChI is InChI=1S/C25H42O8S2/c1-2-3-4-5-6-7-8-9-10-11-12-13-14-15-16-18-22-19-17-20-23(33-35(29,30)31)25(22)32-21-24(26)34(27)28/h17,19-20H,2-16,18,21H2,1H3,(H,27,28)(H,29,30,31). The van der Waals surface area contributed by atoms with Crippen LogP contribution in [-0.4, -0.2) is 33.5 Å². The largest absolute Gasteiger partial charge is 0.480 e. The van der Waals surface area contributed by atoms with Crippen LogP contribution in [0.4, 0.5) is 0 Å². The summed E-state index contributed by atoms with van der Waals surface area (Å²) in [6.45, 7) is 1.52. The number of hydrogen-bond donors (Lipinski definition) is 2. The monoisotopic (exact) mass is 534 g/mol. The third-order valence-electron chi connectivity index (χ3n) is 5.83. The average Bonchev–Trinajstić information content (AvgIpc) is 2.79. The molecule has 0 aliphatic carbocycles. The number of unbranched alkanes of at least 4 members (excludes halogenated alkanes) is 14. The highest BCUT2D eigenvalue weighted by molar-refractivity contribution is 7.95. The number of para-hydroxylation sites is 1. The first-order valence-corrected chi connectivity index (χ1v) is 15.3. The van der Waals surface area contributed by atoms with Crippen molar-refractivity contribution < 1.29 is 35.4 Å². The van der Waals surface area contributed by atoms with Crippen molar-refractivity contribution in [3.8, 4) is 11.5 Å². The van der Waals surface area contributed by atoms with Gasteiger partial charge in [0.1, 0.15) is 0 Å². The summed E-state index contributed by atoms with van der Waals surface area (Å²) < 4.78 is 60.9. The minimum atomic E-state index is -4.80. The van der Waals surface area contributed by atoms with E-state index in [0.717, 1.165) is 19.3 Å². The number of hydrogen-bond acceptors (Lipinski definition) is 6. The van der Waals surface area contributed by atoms with Gasteiger partial charge in [-0.05, 0) is 24.5 Å². The van der Waals surface area contributed by atoms with Crippen LogP contribution < -0.4 is 8.92 Å². The molecule has 0 radical (unpaired) electrons. The molecule has 0 aliphatic heterocycles. The van der Waals surface area contributed by atoms with Gasteiger partial charge in [-0.3, -0.25) is 13.9 Å². The van der Waals surface area contributed by atoms with E-state index in [-0.39, 0.29) is 11.5 Å². The van der Waals surface area contributed by atoms with E-state index in [1.165, 1.54) is 83.1 Å². The second-order valence-corrected chi connectivity index (χ2v) is 10.8. The maximum Gasteiger partial charge on any atom is 0.446 e. The second-order valence-electron chi connectivity index (χ2n) is 8.87. The van der Waals surface area contributed by atoms with Crippen molar-refractivity contribution in [2.75, 3.05) is 6.61 Å². The van der Waals surface area contributed by atoms with Gasteiger partial charge in [0.25, 0.3) is 5.12 Å². The SMILES string of the molecule is CCCCCCCCCCCCCCCCCc1cccc(OS(=O)(=O)O)c1OCC(=O)S(=O)O. The summed E-state index contributed by atoms with van der Waals surface area (Å²) in [4.78, 5) is 11.4. The summed E-state index contributed by atoms with van der Waals surface area (Å²) in [5.74, 6) is -0.309. The third kappa shape index (κ3) is 16.0. The van der Waals surface area contributed by atoms with Crippen LogP contribution in [0.5, 0.6) is 11.5 Å². The topological polar surface area (TPSA) is 127 Å². The highest BCUT2D eigenvalue weighted by Crippen LogP contribution is 2.33. The van der Waals surface area contributed by atoms with Crippen LogP contribution in [0.2, 0.25) is 0 Å². The molecule has 1 aromatic carbocycles. The van der Waals surface area contributed by atoms with Gasteiger partial charge in [-0.1, -0.05) is 109 Å². The predicted octanol–water partition coefficient (Wildman–Crippen LogP) is 6.41. The molecule has 35 heavy (non-hydrogen) atoms. The van der Waals surface area contributed by atoms with E-state index >= 15 is 0 Å². The average molecular weight is 535 g/mol. The Labute approximate surface area is 213 Å². The van der Waals surface area contributed by atoms with Gasteiger partial charge in [-0.2, -0.15) is 8.42 Å². The lowest BCUT2D eigenvalue weighted by atomic mass is 10.0. The number of aryl methyl sites for hydroxylation is 1. The minimum absolute atomic E-state index is 0.0331. The van der Waals surface area contributed by atoms with E-state index in [0.29, 0.717) is 12.0 Å². The molecule has 0 fully saturated rings. The fourth-order valence-electron chi connectivity index (χ4n) is 3.97. The fraction of sp³-hybridized carbons (Fsp3) is 0.720. The lowest BCUT2D eigenvalue weighted by Crippen LogP contribution is -2.17. The molecule has 1 rings (SSSR count). The molecule has 0 aromatic heterocycles. The van der Waals surface area contributed by atoms with E-state index in [1.54, 1.807) is 12.1 Å². The summed E-state index contributed by atoms with van der Waals surface area (Å²) >= 11 is -2.70. The van der Waals surface area contributed by atoms with Gasteiger partial charge in [0.05, 0.1) is 0 Å². The van der Waals surface area contributed by atoms with Crippen LogP contribution >= 0.6 is 0 Å². The first-order valence-electron chi connectivity index (χ1n) is 12.8. The maximum absolute atomic E-state index is 11.4. The molecule has 1 aromatic rings. The van der Waals surface area contributed by atoms with Crippen molar-refractivity contribution in [3.05, 3.63) is 23.8 Å². The Morgan fingerprint density at radius 3 is 1.80 bits per heavy atom. The van der Waals surface area contributed by atoms with Crippen LogP contribution in [0.15, 0.2) is 18.2 Å².